The Morgan fingerprint density at radius 1 is 1.71 bits per heavy atom. The minimum absolute atomic E-state index is 0.172. The van der Waals surface area contributed by atoms with Crippen LogP contribution in [0.25, 0.3) is 0 Å². The summed E-state index contributed by atoms with van der Waals surface area (Å²) >= 11 is 0. The lowest BCUT2D eigenvalue weighted by atomic mass is 10.4. The number of hydrogen-bond acceptors (Lipinski definition) is 3. The van der Waals surface area contributed by atoms with Crippen molar-refractivity contribution in [1.82, 2.24) is 14.9 Å². The standard InChI is InChI=1S/C8H13N3O2S/c1-4-6(2)11-14(12,13)8-5-9-10-7(8)3/h4-6,11H,1H2,2-3H3,(H,9,10). The molecule has 0 bridgehead atoms. The van der Waals surface area contributed by atoms with E-state index < -0.39 is 10.0 Å². The van der Waals surface area contributed by atoms with Crippen LogP contribution in [0.15, 0.2) is 23.7 Å². The number of nitrogens with zero attached hydrogens (tertiary/aromatic N) is 1. The molecule has 2 N–H and O–H groups in total. The number of sulfonamides is 1. The fourth-order valence-electron chi connectivity index (χ4n) is 0.967. The van der Waals surface area contributed by atoms with Gasteiger partial charge < -0.3 is 0 Å². The number of aryl methyl sites for hydroxylation is 1. The Morgan fingerprint density at radius 2 is 2.36 bits per heavy atom. The summed E-state index contributed by atoms with van der Waals surface area (Å²) in [5.41, 5.74) is 0.522. The zero-order valence-corrected chi connectivity index (χ0v) is 8.93. The van der Waals surface area contributed by atoms with E-state index in [0.717, 1.165) is 0 Å². The molecule has 1 aromatic rings. The van der Waals surface area contributed by atoms with Crippen molar-refractivity contribution in [2.75, 3.05) is 0 Å². The van der Waals surface area contributed by atoms with Gasteiger partial charge in [0.05, 0.1) is 11.9 Å². The molecule has 0 spiro atoms. The van der Waals surface area contributed by atoms with Crippen LogP contribution >= 0.6 is 0 Å². The van der Waals surface area contributed by atoms with E-state index in [1.807, 2.05) is 0 Å². The first-order valence-electron chi connectivity index (χ1n) is 4.12. The fraction of sp³-hybridized carbons (Fsp3) is 0.375. The Bertz CT molecular complexity index is 422. The van der Waals surface area contributed by atoms with Gasteiger partial charge in [-0.15, -0.1) is 6.58 Å². The molecule has 1 unspecified atom stereocenters. The second kappa shape index (κ2) is 3.93. The number of rotatable bonds is 4. The summed E-state index contributed by atoms with van der Waals surface area (Å²) in [5, 5.41) is 6.22. The Labute approximate surface area is 83.3 Å². The van der Waals surface area contributed by atoms with Crippen molar-refractivity contribution in [1.29, 1.82) is 0 Å². The summed E-state index contributed by atoms with van der Waals surface area (Å²) in [6, 6.07) is -0.297. The molecule has 1 heterocycles. The van der Waals surface area contributed by atoms with Crippen LogP contribution in [0.5, 0.6) is 0 Å². The minimum Gasteiger partial charge on any atom is -0.281 e. The first-order valence-corrected chi connectivity index (χ1v) is 5.60. The van der Waals surface area contributed by atoms with E-state index >= 15 is 0 Å². The lowest BCUT2D eigenvalue weighted by molar-refractivity contribution is 0.575. The highest BCUT2D eigenvalue weighted by Gasteiger charge is 2.19. The second-order valence-corrected chi connectivity index (χ2v) is 4.69. The van der Waals surface area contributed by atoms with E-state index in [1.54, 1.807) is 13.8 Å². The molecule has 6 heteroatoms. The molecular formula is C8H13N3O2S. The molecule has 0 radical (unpaired) electrons. The second-order valence-electron chi connectivity index (χ2n) is 3.00. The molecule has 1 rings (SSSR count). The van der Waals surface area contributed by atoms with Gasteiger partial charge in [0.1, 0.15) is 4.90 Å². The van der Waals surface area contributed by atoms with Gasteiger partial charge in [0.25, 0.3) is 0 Å². The van der Waals surface area contributed by atoms with Gasteiger partial charge >= 0.3 is 0 Å². The average Bonchev–Trinajstić information content (AvgIpc) is 2.51. The van der Waals surface area contributed by atoms with Crippen molar-refractivity contribution in [3.05, 3.63) is 24.5 Å². The molecule has 1 aromatic heterocycles. The Morgan fingerprint density at radius 3 is 2.79 bits per heavy atom. The summed E-state index contributed by atoms with van der Waals surface area (Å²) in [6.07, 6.45) is 2.81. The SMILES string of the molecule is C=CC(C)NS(=O)(=O)c1cn[nH]c1C. The first-order chi connectivity index (χ1) is 6.47. The van der Waals surface area contributed by atoms with Crippen LogP contribution in [0.4, 0.5) is 0 Å². The highest BCUT2D eigenvalue weighted by Crippen LogP contribution is 2.11. The smallest absolute Gasteiger partial charge is 0.244 e. The zero-order chi connectivity index (χ0) is 10.8. The third-order valence-corrected chi connectivity index (χ3v) is 3.44. The molecule has 0 aliphatic heterocycles. The largest absolute Gasteiger partial charge is 0.281 e. The molecule has 14 heavy (non-hydrogen) atoms. The van der Waals surface area contributed by atoms with Crippen LogP contribution in [-0.4, -0.2) is 24.7 Å². The van der Waals surface area contributed by atoms with Gasteiger partial charge in [0, 0.05) is 6.04 Å². The zero-order valence-electron chi connectivity index (χ0n) is 8.11. The molecule has 0 aliphatic carbocycles. The van der Waals surface area contributed by atoms with Crippen molar-refractivity contribution >= 4 is 10.0 Å². The summed E-state index contributed by atoms with van der Waals surface area (Å²) in [5.74, 6) is 0. The number of aromatic amines is 1. The summed E-state index contributed by atoms with van der Waals surface area (Å²) in [6.45, 7) is 6.86. The van der Waals surface area contributed by atoms with E-state index in [4.69, 9.17) is 0 Å². The van der Waals surface area contributed by atoms with Gasteiger partial charge in [-0.2, -0.15) is 5.10 Å². The first kappa shape index (κ1) is 10.9. The monoisotopic (exact) mass is 215 g/mol. The van der Waals surface area contributed by atoms with Crippen LogP contribution in [0.1, 0.15) is 12.6 Å². The molecule has 78 valence electrons. The minimum atomic E-state index is -3.47. The van der Waals surface area contributed by atoms with Gasteiger partial charge in [0.15, 0.2) is 0 Å². The van der Waals surface area contributed by atoms with Gasteiger partial charge in [-0.3, -0.25) is 5.10 Å². The van der Waals surface area contributed by atoms with Crippen LogP contribution in [-0.2, 0) is 10.0 Å². The fourth-order valence-corrected chi connectivity index (χ4v) is 2.32. The van der Waals surface area contributed by atoms with E-state index in [9.17, 15) is 8.42 Å². The third kappa shape index (κ3) is 2.21. The molecule has 0 aromatic carbocycles. The van der Waals surface area contributed by atoms with Crippen molar-refractivity contribution in [2.45, 2.75) is 24.8 Å². The maximum atomic E-state index is 11.7. The third-order valence-electron chi connectivity index (χ3n) is 1.77. The van der Waals surface area contributed by atoms with E-state index in [2.05, 4.69) is 21.5 Å². The van der Waals surface area contributed by atoms with Gasteiger partial charge in [-0.25, -0.2) is 13.1 Å². The van der Waals surface area contributed by atoms with E-state index in [-0.39, 0.29) is 10.9 Å². The Kier molecular flexibility index (Phi) is 3.07. The lowest BCUT2D eigenvalue weighted by Gasteiger charge is -2.08. The van der Waals surface area contributed by atoms with Crippen LogP contribution in [0, 0.1) is 6.92 Å². The van der Waals surface area contributed by atoms with Gasteiger partial charge in [0.2, 0.25) is 10.0 Å². The van der Waals surface area contributed by atoms with Crippen molar-refractivity contribution in [3.8, 4) is 0 Å². The Balaban J connectivity index is 2.98. The van der Waals surface area contributed by atoms with Crippen molar-refractivity contribution in [3.63, 3.8) is 0 Å². The molecular weight excluding hydrogens is 202 g/mol. The average molecular weight is 215 g/mol. The molecule has 0 saturated carbocycles. The number of H-pyrrole nitrogens is 1. The normalized spacial score (nSPS) is 13.9. The predicted octanol–water partition coefficient (Wildman–Crippen LogP) is 0.571. The molecule has 0 aliphatic rings. The topological polar surface area (TPSA) is 74.8 Å². The molecule has 0 amide bonds. The van der Waals surface area contributed by atoms with E-state index in [0.29, 0.717) is 5.69 Å². The van der Waals surface area contributed by atoms with Crippen LogP contribution in [0.2, 0.25) is 0 Å². The van der Waals surface area contributed by atoms with Crippen molar-refractivity contribution < 1.29 is 8.42 Å². The van der Waals surface area contributed by atoms with Gasteiger partial charge in [-0.05, 0) is 13.8 Å². The van der Waals surface area contributed by atoms with Crippen LogP contribution in [0.3, 0.4) is 0 Å². The molecule has 0 fully saturated rings. The maximum Gasteiger partial charge on any atom is 0.244 e. The maximum absolute atomic E-state index is 11.7. The summed E-state index contributed by atoms with van der Waals surface area (Å²) in [4.78, 5) is 0.172. The highest BCUT2D eigenvalue weighted by molar-refractivity contribution is 7.89. The summed E-state index contributed by atoms with van der Waals surface area (Å²) < 4.78 is 25.8. The number of hydrogen-bond donors (Lipinski definition) is 2. The van der Waals surface area contributed by atoms with E-state index in [1.165, 1.54) is 12.3 Å². The Hall–Kier alpha value is -1.14. The molecule has 0 saturated heterocycles. The van der Waals surface area contributed by atoms with Crippen LogP contribution < -0.4 is 4.72 Å². The lowest BCUT2D eigenvalue weighted by Crippen LogP contribution is -2.31. The van der Waals surface area contributed by atoms with Gasteiger partial charge in [-0.1, -0.05) is 6.08 Å². The summed E-state index contributed by atoms with van der Waals surface area (Å²) in [7, 11) is -3.47. The number of aromatic nitrogens is 2. The highest BCUT2D eigenvalue weighted by atomic mass is 32.2. The number of nitrogens with one attached hydrogen (secondary N) is 2. The van der Waals surface area contributed by atoms with Crippen molar-refractivity contribution in [2.24, 2.45) is 0 Å². The molecule has 1 atom stereocenters. The molecule has 5 nitrogen and oxygen atoms in total. The predicted molar refractivity (Wildman–Crippen MR) is 53.3 cm³/mol. The quantitative estimate of drug-likeness (QED) is 0.721.